The Morgan fingerprint density at radius 2 is 2.33 bits per heavy atom. The van der Waals surface area contributed by atoms with Crippen molar-refractivity contribution in [2.75, 3.05) is 13.2 Å². The van der Waals surface area contributed by atoms with Gasteiger partial charge in [0.05, 0.1) is 17.5 Å². The number of oxazole rings is 1. The van der Waals surface area contributed by atoms with Crippen molar-refractivity contribution in [3.63, 3.8) is 0 Å². The minimum absolute atomic E-state index is 0.102. The van der Waals surface area contributed by atoms with Crippen LogP contribution in [0.15, 0.2) is 27.4 Å². The average molecular weight is 310 g/mol. The molecule has 2 heterocycles. The van der Waals surface area contributed by atoms with Crippen LogP contribution >= 0.6 is 11.6 Å². The highest BCUT2D eigenvalue weighted by molar-refractivity contribution is 6.21. The zero-order valence-electron chi connectivity index (χ0n) is 12.2. The molecule has 1 saturated heterocycles. The molecule has 4 nitrogen and oxygen atoms in total. The molecule has 2 unspecified atom stereocenters. The van der Waals surface area contributed by atoms with E-state index in [2.05, 4.69) is 0 Å². The Morgan fingerprint density at radius 1 is 1.48 bits per heavy atom. The summed E-state index contributed by atoms with van der Waals surface area (Å²) in [4.78, 5) is 11.9. The quantitative estimate of drug-likeness (QED) is 0.809. The molecule has 3 rings (SSSR count). The van der Waals surface area contributed by atoms with Gasteiger partial charge in [-0.2, -0.15) is 0 Å². The van der Waals surface area contributed by atoms with Crippen LogP contribution in [-0.2, 0) is 11.3 Å². The SMILES string of the molecule is CCCn1c(=O)oc2cc(C(Cl)C3CCCOC3)ccc21. The van der Waals surface area contributed by atoms with Gasteiger partial charge in [-0.15, -0.1) is 11.6 Å². The summed E-state index contributed by atoms with van der Waals surface area (Å²) in [6.45, 7) is 4.24. The van der Waals surface area contributed by atoms with Crippen molar-refractivity contribution in [1.29, 1.82) is 0 Å². The number of aryl methyl sites for hydroxylation is 1. The zero-order chi connectivity index (χ0) is 14.8. The Bertz CT molecular complexity index is 670. The fourth-order valence-corrected chi connectivity index (χ4v) is 3.29. The monoisotopic (exact) mass is 309 g/mol. The van der Waals surface area contributed by atoms with Crippen molar-refractivity contribution in [3.8, 4) is 0 Å². The lowest BCUT2D eigenvalue weighted by Crippen LogP contribution is -2.21. The first-order chi connectivity index (χ1) is 10.2. The number of benzene rings is 1. The third-order valence-electron chi connectivity index (χ3n) is 4.07. The van der Waals surface area contributed by atoms with Crippen LogP contribution in [0.1, 0.15) is 37.1 Å². The topological polar surface area (TPSA) is 44.4 Å². The Balaban J connectivity index is 1.92. The number of rotatable bonds is 4. The molecule has 0 bridgehead atoms. The molecule has 0 saturated carbocycles. The van der Waals surface area contributed by atoms with Gasteiger partial charge in [0.25, 0.3) is 0 Å². The highest BCUT2D eigenvalue weighted by atomic mass is 35.5. The molecular weight excluding hydrogens is 290 g/mol. The van der Waals surface area contributed by atoms with Crippen LogP contribution in [0.25, 0.3) is 11.1 Å². The molecule has 0 radical (unpaired) electrons. The van der Waals surface area contributed by atoms with E-state index in [0.717, 1.165) is 36.9 Å². The van der Waals surface area contributed by atoms with E-state index in [-0.39, 0.29) is 11.1 Å². The van der Waals surface area contributed by atoms with Gasteiger partial charge in [-0.25, -0.2) is 4.79 Å². The number of hydrogen-bond donors (Lipinski definition) is 0. The molecule has 1 aromatic heterocycles. The maximum Gasteiger partial charge on any atom is 0.419 e. The van der Waals surface area contributed by atoms with Crippen molar-refractivity contribution < 1.29 is 9.15 Å². The molecule has 0 spiro atoms. The number of hydrogen-bond acceptors (Lipinski definition) is 3. The summed E-state index contributed by atoms with van der Waals surface area (Å²) in [6, 6.07) is 5.83. The van der Waals surface area contributed by atoms with E-state index in [1.807, 2.05) is 25.1 Å². The van der Waals surface area contributed by atoms with Gasteiger partial charge in [0.1, 0.15) is 0 Å². The van der Waals surface area contributed by atoms with Gasteiger partial charge in [0.2, 0.25) is 0 Å². The molecule has 1 aliphatic rings. The molecule has 114 valence electrons. The first kappa shape index (κ1) is 14.7. The largest absolute Gasteiger partial charge is 0.419 e. The van der Waals surface area contributed by atoms with E-state index in [4.69, 9.17) is 20.8 Å². The average Bonchev–Trinajstić information content (AvgIpc) is 2.83. The lowest BCUT2D eigenvalue weighted by atomic mass is 9.93. The number of halogens is 1. The molecule has 2 atom stereocenters. The van der Waals surface area contributed by atoms with Crippen LogP contribution in [0.5, 0.6) is 0 Å². The van der Waals surface area contributed by atoms with Gasteiger partial charge in [-0.3, -0.25) is 4.57 Å². The Kier molecular flexibility index (Phi) is 4.36. The van der Waals surface area contributed by atoms with E-state index in [1.165, 1.54) is 0 Å². The highest BCUT2D eigenvalue weighted by Gasteiger charge is 2.24. The molecule has 1 aromatic carbocycles. The molecule has 5 heteroatoms. The van der Waals surface area contributed by atoms with E-state index in [1.54, 1.807) is 4.57 Å². The number of nitrogens with zero attached hydrogens (tertiary/aromatic N) is 1. The van der Waals surface area contributed by atoms with Crippen LogP contribution < -0.4 is 5.76 Å². The number of alkyl halides is 1. The number of aromatic nitrogens is 1. The highest BCUT2D eigenvalue weighted by Crippen LogP contribution is 2.35. The molecule has 1 aliphatic heterocycles. The standard InChI is InChI=1S/C16H20ClNO3/c1-2-7-18-13-6-5-11(9-14(13)21-16(18)19)15(17)12-4-3-8-20-10-12/h5-6,9,12,15H,2-4,7-8,10H2,1H3. The fraction of sp³-hybridized carbons (Fsp3) is 0.562. The number of fused-ring (bicyclic) bond motifs is 1. The lowest BCUT2D eigenvalue weighted by molar-refractivity contribution is 0.0531. The van der Waals surface area contributed by atoms with Crippen LogP contribution in [-0.4, -0.2) is 17.8 Å². The van der Waals surface area contributed by atoms with Crippen molar-refractivity contribution in [1.82, 2.24) is 4.57 Å². The van der Waals surface area contributed by atoms with Crippen molar-refractivity contribution >= 4 is 22.7 Å². The summed E-state index contributed by atoms with van der Waals surface area (Å²) in [5.41, 5.74) is 2.46. The number of ether oxygens (including phenoxy) is 1. The van der Waals surface area contributed by atoms with Crippen LogP contribution in [0, 0.1) is 5.92 Å². The Morgan fingerprint density at radius 3 is 3.05 bits per heavy atom. The van der Waals surface area contributed by atoms with Crippen LogP contribution in [0.2, 0.25) is 0 Å². The molecule has 0 N–H and O–H groups in total. The van der Waals surface area contributed by atoms with Crippen LogP contribution in [0.3, 0.4) is 0 Å². The zero-order valence-corrected chi connectivity index (χ0v) is 12.9. The summed E-state index contributed by atoms with van der Waals surface area (Å²) in [5.74, 6) is 0.0263. The second-order valence-electron chi connectivity index (χ2n) is 5.63. The van der Waals surface area contributed by atoms with Gasteiger partial charge in [0.15, 0.2) is 5.58 Å². The smallest absolute Gasteiger partial charge is 0.408 e. The summed E-state index contributed by atoms with van der Waals surface area (Å²) in [6.07, 6.45) is 3.03. The molecule has 1 fully saturated rings. The third kappa shape index (κ3) is 2.87. The maximum atomic E-state index is 11.9. The molecule has 2 aromatic rings. The van der Waals surface area contributed by atoms with E-state index < -0.39 is 0 Å². The first-order valence-corrected chi connectivity index (χ1v) is 7.99. The van der Waals surface area contributed by atoms with Gasteiger partial charge < -0.3 is 9.15 Å². The first-order valence-electron chi connectivity index (χ1n) is 7.56. The second kappa shape index (κ2) is 6.24. The molecule has 0 amide bonds. The van der Waals surface area contributed by atoms with Crippen LogP contribution in [0.4, 0.5) is 0 Å². The third-order valence-corrected chi connectivity index (χ3v) is 4.68. The minimum Gasteiger partial charge on any atom is -0.408 e. The summed E-state index contributed by atoms with van der Waals surface area (Å²) < 4.78 is 12.5. The molecule has 0 aliphatic carbocycles. The van der Waals surface area contributed by atoms with Gasteiger partial charge >= 0.3 is 5.76 Å². The maximum absolute atomic E-state index is 11.9. The predicted molar refractivity (Wildman–Crippen MR) is 82.9 cm³/mol. The fourth-order valence-electron chi connectivity index (χ4n) is 2.96. The van der Waals surface area contributed by atoms with Crippen molar-refractivity contribution in [3.05, 3.63) is 34.3 Å². The summed E-state index contributed by atoms with van der Waals surface area (Å²) >= 11 is 6.59. The van der Waals surface area contributed by atoms with E-state index in [0.29, 0.717) is 24.7 Å². The minimum atomic E-state index is -0.295. The van der Waals surface area contributed by atoms with E-state index >= 15 is 0 Å². The van der Waals surface area contributed by atoms with Crippen molar-refractivity contribution in [2.45, 2.75) is 38.1 Å². The predicted octanol–water partition coefficient (Wildman–Crippen LogP) is 3.71. The van der Waals surface area contributed by atoms with Gasteiger partial charge in [-0.1, -0.05) is 13.0 Å². The Hall–Kier alpha value is -1.26. The molecular formula is C16H20ClNO3. The van der Waals surface area contributed by atoms with Gasteiger partial charge in [0, 0.05) is 19.1 Å². The summed E-state index contributed by atoms with van der Waals surface area (Å²) in [5, 5.41) is -0.102. The van der Waals surface area contributed by atoms with Crippen molar-refractivity contribution in [2.24, 2.45) is 5.92 Å². The van der Waals surface area contributed by atoms with Gasteiger partial charge in [-0.05, 0) is 37.0 Å². The normalized spacial score (nSPS) is 20.8. The summed E-state index contributed by atoms with van der Waals surface area (Å²) in [7, 11) is 0. The lowest BCUT2D eigenvalue weighted by Gasteiger charge is -2.26. The Labute approximate surface area is 128 Å². The molecule has 21 heavy (non-hydrogen) atoms. The van der Waals surface area contributed by atoms with E-state index in [9.17, 15) is 4.79 Å². The second-order valence-corrected chi connectivity index (χ2v) is 6.10.